The first-order valence-corrected chi connectivity index (χ1v) is 8.58. The average molecular weight is 423 g/mol. The number of aliphatic hydroxyl groups is 2. The summed E-state index contributed by atoms with van der Waals surface area (Å²) in [6, 6.07) is 6.59. The van der Waals surface area contributed by atoms with Crippen LogP contribution in [0.15, 0.2) is 42.7 Å². The number of aliphatic hydroxyl groups excluding tert-OH is 2. The number of rotatable bonds is 6. The molecule has 3 rings (SSSR count). The number of aromatic nitrogens is 2. The molecule has 0 aliphatic heterocycles. The number of nitrogens with one attached hydrogen (secondary N) is 1. The molecular formula is C19H16F3N3O5. The highest BCUT2D eigenvalue weighted by molar-refractivity contribution is 5.94. The van der Waals surface area contributed by atoms with Crippen molar-refractivity contribution in [3.05, 3.63) is 53.9 Å². The number of carbonyl (C=O) groups is 1. The van der Waals surface area contributed by atoms with Gasteiger partial charge in [-0.25, -0.2) is 4.79 Å². The molecule has 0 aliphatic carbocycles. The molecule has 8 nitrogen and oxygen atoms in total. The number of nitrogens with zero attached hydrogens (tertiary/aromatic N) is 2. The molecule has 4 N–H and O–H groups in total. The van der Waals surface area contributed by atoms with Gasteiger partial charge in [-0.3, -0.25) is 9.97 Å². The van der Waals surface area contributed by atoms with Gasteiger partial charge in [0.25, 0.3) is 0 Å². The highest BCUT2D eigenvalue weighted by atomic mass is 19.4. The van der Waals surface area contributed by atoms with Crippen LogP contribution >= 0.6 is 0 Å². The summed E-state index contributed by atoms with van der Waals surface area (Å²) >= 11 is 0. The summed E-state index contributed by atoms with van der Waals surface area (Å²) < 4.78 is 41.0. The molecule has 30 heavy (non-hydrogen) atoms. The fourth-order valence-corrected chi connectivity index (χ4v) is 3.04. The molecule has 1 heterocycles. The van der Waals surface area contributed by atoms with Crippen LogP contribution in [0.3, 0.4) is 0 Å². The first-order valence-electron chi connectivity index (χ1n) is 8.58. The molecule has 11 heteroatoms. The summed E-state index contributed by atoms with van der Waals surface area (Å²) in [5, 5.41) is 30.8. The van der Waals surface area contributed by atoms with Gasteiger partial charge >= 0.3 is 12.5 Å². The van der Waals surface area contributed by atoms with Crippen molar-refractivity contribution >= 4 is 17.1 Å². The van der Waals surface area contributed by atoms with Crippen molar-refractivity contribution in [3.63, 3.8) is 0 Å². The van der Waals surface area contributed by atoms with E-state index in [1.807, 2.05) is 0 Å². The highest BCUT2D eigenvalue weighted by Crippen LogP contribution is 2.35. The maximum absolute atomic E-state index is 12.4. The van der Waals surface area contributed by atoms with Crippen molar-refractivity contribution in [1.82, 2.24) is 15.3 Å². The van der Waals surface area contributed by atoms with E-state index < -0.39 is 30.9 Å². The Labute approximate surface area is 167 Å². The van der Waals surface area contributed by atoms with Gasteiger partial charge in [0.15, 0.2) is 0 Å². The minimum Gasteiger partial charge on any atom is -0.465 e. The number of hydrogen-bond acceptors (Lipinski definition) is 6. The topological polar surface area (TPSA) is 125 Å². The Morgan fingerprint density at radius 1 is 1.13 bits per heavy atom. The largest absolute Gasteiger partial charge is 0.573 e. The van der Waals surface area contributed by atoms with E-state index in [0.717, 1.165) is 12.1 Å². The Morgan fingerprint density at radius 2 is 1.77 bits per heavy atom. The molecule has 1 amide bonds. The van der Waals surface area contributed by atoms with Gasteiger partial charge in [-0.05, 0) is 29.3 Å². The van der Waals surface area contributed by atoms with Crippen molar-refractivity contribution in [1.29, 1.82) is 0 Å². The van der Waals surface area contributed by atoms with Gasteiger partial charge in [0.2, 0.25) is 0 Å². The van der Waals surface area contributed by atoms with Crippen LogP contribution in [-0.4, -0.2) is 44.4 Å². The smallest absolute Gasteiger partial charge is 0.465 e. The Hall–Kier alpha value is -3.44. The van der Waals surface area contributed by atoms with Crippen LogP contribution in [0.25, 0.3) is 22.2 Å². The van der Waals surface area contributed by atoms with E-state index in [1.165, 1.54) is 24.5 Å². The Morgan fingerprint density at radius 3 is 2.33 bits per heavy atom. The van der Waals surface area contributed by atoms with Gasteiger partial charge in [-0.2, -0.15) is 0 Å². The molecule has 1 aromatic heterocycles. The third kappa shape index (κ3) is 4.75. The number of fused-ring (bicyclic) bond motifs is 1. The second-order valence-corrected chi connectivity index (χ2v) is 6.18. The van der Waals surface area contributed by atoms with Crippen molar-refractivity contribution in [2.24, 2.45) is 0 Å². The lowest BCUT2D eigenvalue weighted by atomic mass is 9.93. The van der Waals surface area contributed by atoms with Crippen LogP contribution in [0.5, 0.6) is 5.75 Å². The number of amides is 1. The van der Waals surface area contributed by atoms with Gasteiger partial charge in [0.05, 0.1) is 17.6 Å². The van der Waals surface area contributed by atoms with E-state index in [-0.39, 0.29) is 17.6 Å². The Bertz CT molecular complexity index is 1060. The third-order valence-corrected chi connectivity index (χ3v) is 4.21. The molecule has 0 fully saturated rings. The number of alkyl halides is 3. The molecule has 0 saturated heterocycles. The summed E-state index contributed by atoms with van der Waals surface area (Å²) in [7, 11) is 0. The number of ether oxygens (including phenoxy) is 1. The number of halogens is 3. The van der Waals surface area contributed by atoms with Crippen LogP contribution in [0.2, 0.25) is 0 Å². The lowest BCUT2D eigenvalue weighted by molar-refractivity contribution is -0.274. The minimum atomic E-state index is -4.82. The SMILES string of the molecule is O=C(O)NCc1cc(-c2ccc(OC(F)(F)F)cc2)c2nccnc2c1C(O)CO. The van der Waals surface area contributed by atoms with Gasteiger partial charge < -0.3 is 25.4 Å². The summed E-state index contributed by atoms with van der Waals surface area (Å²) in [6.45, 7) is -0.828. The zero-order valence-electron chi connectivity index (χ0n) is 15.2. The van der Waals surface area contributed by atoms with E-state index >= 15 is 0 Å². The molecule has 0 spiro atoms. The number of benzene rings is 2. The van der Waals surface area contributed by atoms with E-state index in [1.54, 1.807) is 6.07 Å². The second-order valence-electron chi connectivity index (χ2n) is 6.18. The van der Waals surface area contributed by atoms with Crippen LogP contribution in [0.4, 0.5) is 18.0 Å². The molecule has 3 aromatic rings. The highest BCUT2D eigenvalue weighted by Gasteiger charge is 2.31. The van der Waals surface area contributed by atoms with Crippen LogP contribution in [-0.2, 0) is 6.54 Å². The third-order valence-electron chi connectivity index (χ3n) is 4.21. The van der Waals surface area contributed by atoms with Crippen molar-refractivity contribution in [2.75, 3.05) is 6.61 Å². The molecular weight excluding hydrogens is 407 g/mol. The van der Waals surface area contributed by atoms with Gasteiger partial charge in [0.1, 0.15) is 11.9 Å². The Kier molecular flexibility index (Phi) is 6.04. The van der Waals surface area contributed by atoms with E-state index in [0.29, 0.717) is 22.2 Å². The van der Waals surface area contributed by atoms with Crippen LogP contribution in [0.1, 0.15) is 17.2 Å². The number of hydrogen-bond donors (Lipinski definition) is 4. The summed E-state index contributed by atoms with van der Waals surface area (Å²) in [5.41, 5.74) is 2.01. The summed E-state index contributed by atoms with van der Waals surface area (Å²) in [5.74, 6) is -0.401. The van der Waals surface area contributed by atoms with Crippen LogP contribution < -0.4 is 10.1 Å². The minimum absolute atomic E-state index is 0.198. The molecule has 0 bridgehead atoms. The lowest BCUT2D eigenvalue weighted by Gasteiger charge is -2.18. The molecule has 1 atom stereocenters. The normalized spacial score (nSPS) is 12.6. The van der Waals surface area contributed by atoms with Crippen molar-refractivity contribution in [3.8, 4) is 16.9 Å². The molecule has 1 unspecified atom stereocenters. The maximum Gasteiger partial charge on any atom is 0.573 e. The zero-order valence-corrected chi connectivity index (χ0v) is 15.2. The standard InChI is InChI=1S/C19H16F3N3O5/c20-19(21,22)30-12-3-1-10(2-4-12)13-7-11(8-25-18(28)29)15(14(27)9-26)17-16(13)23-5-6-24-17/h1-7,14,25-27H,8-9H2,(H,28,29). The first kappa shape index (κ1) is 21.3. The second kappa shape index (κ2) is 8.51. The summed E-state index contributed by atoms with van der Waals surface area (Å²) in [4.78, 5) is 19.4. The lowest BCUT2D eigenvalue weighted by Crippen LogP contribution is -2.22. The molecule has 0 aliphatic rings. The van der Waals surface area contributed by atoms with Gasteiger partial charge in [0, 0.05) is 30.1 Å². The van der Waals surface area contributed by atoms with Crippen molar-refractivity contribution < 1.29 is 38.0 Å². The fourth-order valence-electron chi connectivity index (χ4n) is 3.04. The molecule has 0 radical (unpaired) electrons. The van der Waals surface area contributed by atoms with Gasteiger partial charge in [-0.1, -0.05) is 12.1 Å². The Balaban J connectivity index is 2.15. The maximum atomic E-state index is 12.4. The number of carboxylic acid groups (broad SMARTS) is 1. The zero-order chi connectivity index (χ0) is 21.9. The fraction of sp³-hybridized carbons (Fsp3) is 0.211. The van der Waals surface area contributed by atoms with Crippen molar-refractivity contribution in [2.45, 2.75) is 19.0 Å². The van der Waals surface area contributed by atoms with Crippen LogP contribution in [0, 0.1) is 0 Å². The predicted octanol–water partition coefficient (Wildman–Crippen LogP) is 2.99. The monoisotopic (exact) mass is 423 g/mol. The van der Waals surface area contributed by atoms with E-state index in [2.05, 4.69) is 20.0 Å². The molecule has 2 aromatic carbocycles. The predicted molar refractivity (Wildman–Crippen MR) is 98.6 cm³/mol. The van der Waals surface area contributed by atoms with E-state index in [4.69, 9.17) is 5.11 Å². The van der Waals surface area contributed by atoms with Gasteiger partial charge in [-0.15, -0.1) is 13.2 Å². The quantitative estimate of drug-likeness (QED) is 0.480. The van der Waals surface area contributed by atoms with E-state index in [9.17, 15) is 28.2 Å². The molecule has 0 saturated carbocycles. The summed E-state index contributed by atoms with van der Waals surface area (Å²) in [6.07, 6.45) is -4.69. The first-order chi connectivity index (χ1) is 14.2. The molecule has 158 valence electrons. The average Bonchev–Trinajstić information content (AvgIpc) is 2.70.